The molecule has 2 rings (SSSR count). The van der Waals surface area contributed by atoms with Gasteiger partial charge < -0.3 is 5.73 Å². The lowest BCUT2D eigenvalue weighted by Gasteiger charge is -2.08. The van der Waals surface area contributed by atoms with Gasteiger partial charge in [-0.05, 0) is 24.6 Å². The highest BCUT2D eigenvalue weighted by Crippen LogP contribution is 2.11. The normalized spacial score (nSPS) is 10.0. The van der Waals surface area contributed by atoms with Gasteiger partial charge in [0.2, 0.25) is 0 Å². The molecule has 0 saturated carbocycles. The van der Waals surface area contributed by atoms with Crippen LogP contribution in [0.5, 0.6) is 0 Å². The van der Waals surface area contributed by atoms with Crippen molar-refractivity contribution in [2.24, 2.45) is 5.73 Å². The fourth-order valence-corrected chi connectivity index (χ4v) is 1.87. The molecule has 0 unspecified atom stereocenters. The Labute approximate surface area is 120 Å². The van der Waals surface area contributed by atoms with Crippen molar-refractivity contribution in [1.82, 2.24) is 9.55 Å². The summed E-state index contributed by atoms with van der Waals surface area (Å²) in [5.74, 6) is 5.02. The molecule has 5 nitrogen and oxygen atoms in total. The van der Waals surface area contributed by atoms with Crippen LogP contribution in [0.2, 0.25) is 0 Å². The van der Waals surface area contributed by atoms with E-state index in [0.29, 0.717) is 16.7 Å². The Morgan fingerprint density at radius 1 is 1.38 bits per heavy atom. The minimum atomic E-state index is -0.521. The average molecular weight is 287 g/mol. The number of benzene rings is 1. The molecule has 0 radical (unpaired) electrons. The molecule has 1 aromatic carbocycles. The van der Waals surface area contributed by atoms with E-state index in [1.165, 1.54) is 22.9 Å². The van der Waals surface area contributed by atoms with Gasteiger partial charge in [0, 0.05) is 17.3 Å². The number of aromatic amines is 1. The third-order valence-corrected chi connectivity index (χ3v) is 2.93. The summed E-state index contributed by atoms with van der Waals surface area (Å²) in [5, 5.41) is 0. The van der Waals surface area contributed by atoms with Gasteiger partial charge in [0.15, 0.2) is 0 Å². The summed E-state index contributed by atoms with van der Waals surface area (Å²) in [4.78, 5) is 25.3. The molecular weight excluding hydrogens is 273 g/mol. The lowest BCUT2D eigenvalue weighted by atomic mass is 10.1. The first-order valence-electron chi connectivity index (χ1n) is 6.29. The molecule has 1 heterocycles. The van der Waals surface area contributed by atoms with Gasteiger partial charge in [0.05, 0.1) is 13.1 Å². The number of aryl methyl sites for hydroxylation is 1. The molecule has 1 aromatic heterocycles. The Hall–Kier alpha value is -2.65. The smallest absolute Gasteiger partial charge is 0.320 e. The summed E-state index contributed by atoms with van der Waals surface area (Å²) in [6, 6.07) is 4.15. The van der Waals surface area contributed by atoms with Crippen molar-refractivity contribution in [2.75, 3.05) is 6.54 Å². The molecule has 108 valence electrons. The summed E-state index contributed by atoms with van der Waals surface area (Å²) < 4.78 is 14.6. The molecule has 3 N–H and O–H groups in total. The minimum absolute atomic E-state index is 0.160. The van der Waals surface area contributed by atoms with Crippen LogP contribution in [0.15, 0.2) is 34.0 Å². The minimum Gasteiger partial charge on any atom is -0.320 e. The molecule has 6 heteroatoms. The van der Waals surface area contributed by atoms with Crippen LogP contribution in [0.25, 0.3) is 0 Å². The summed E-state index contributed by atoms with van der Waals surface area (Å²) >= 11 is 0. The van der Waals surface area contributed by atoms with Gasteiger partial charge in [-0.15, -0.1) is 0 Å². The second-order valence-corrected chi connectivity index (χ2v) is 4.51. The van der Waals surface area contributed by atoms with E-state index in [-0.39, 0.29) is 13.1 Å². The number of aromatic nitrogens is 2. The Morgan fingerprint density at radius 2 is 2.14 bits per heavy atom. The van der Waals surface area contributed by atoms with Gasteiger partial charge >= 0.3 is 5.69 Å². The van der Waals surface area contributed by atoms with Crippen LogP contribution >= 0.6 is 0 Å². The molecule has 0 aliphatic heterocycles. The maximum absolute atomic E-state index is 13.3. The molecule has 0 saturated heterocycles. The topological polar surface area (TPSA) is 80.9 Å². The molecule has 2 aromatic rings. The van der Waals surface area contributed by atoms with Crippen molar-refractivity contribution in [3.8, 4) is 11.8 Å². The van der Waals surface area contributed by atoms with Crippen LogP contribution in [0.4, 0.5) is 4.39 Å². The van der Waals surface area contributed by atoms with Crippen molar-refractivity contribution in [2.45, 2.75) is 13.5 Å². The Kier molecular flexibility index (Phi) is 4.36. The number of rotatable bonds is 2. The van der Waals surface area contributed by atoms with E-state index in [1.807, 2.05) is 0 Å². The molecule has 0 aliphatic rings. The highest BCUT2D eigenvalue weighted by Gasteiger charge is 2.06. The zero-order chi connectivity index (χ0) is 15.4. The van der Waals surface area contributed by atoms with Gasteiger partial charge in [0.25, 0.3) is 5.56 Å². The summed E-state index contributed by atoms with van der Waals surface area (Å²) in [5.41, 5.74) is 5.94. The second-order valence-electron chi connectivity index (χ2n) is 4.51. The quantitative estimate of drug-likeness (QED) is 0.782. The molecule has 0 bridgehead atoms. The highest BCUT2D eigenvalue weighted by molar-refractivity contribution is 5.42. The van der Waals surface area contributed by atoms with Crippen LogP contribution in [0.1, 0.15) is 16.7 Å². The van der Waals surface area contributed by atoms with Crippen molar-refractivity contribution < 1.29 is 4.39 Å². The van der Waals surface area contributed by atoms with E-state index in [2.05, 4.69) is 16.8 Å². The number of nitrogens with two attached hydrogens (primary N) is 1. The van der Waals surface area contributed by atoms with Gasteiger partial charge in [-0.25, -0.2) is 9.18 Å². The third-order valence-electron chi connectivity index (χ3n) is 2.93. The lowest BCUT2D eigenvalue weighted by molar-refractivity contribution is 0.625. The fourth-order valence-electron chi connectivity index (χ4n) is 1.87. The molecule has 0 aliphatic carbocycles. The number of nitrogens with one attached hydrogen (secondary N) is 1. The monoisotopic (exact) mass is 287 g/mol. The van der Waals surface area contributed by atoms with Crippen molar-refractivity contribution in [3.05, 3.63) is 67.7 Å². The molecule has 0 atom stereocenters. The number of hydrogen-bond donors (Lipinski definition) is 2. The number of H-pyrrole nitrogens is 1. The SMILES string of the molecule is Cc1cn(Cc2ccc(F)cc2C#CCN)c(=O)[nH]c1=O. The molecule has 0 fully saturated rings. The van der Waals surface area contributed by atoms with Crippen LogP contribution < -0.4 is 17.0 Å². The Balaban J connectivity index is 2.47. The van der Waals surface area contributed by atoms with E-state index in [0.717, 1.165) is 0 Å². The van der Waals surface area contributed by atoms with E-state index in [9.17, 15) is 14.0 Å². The molecule has 0 spiro atoms. The second kappa shape index (κ2) is 6.20. The Bertz CT molecular complexity index is 840. The maximum atomic E-state index is 13.3. The summed E-state index contributed by atoms with van der Waals surface area (Å²) in [6.45, 7) is 1.95. The van der Waals surface area contributed by atoms with Gasteiger partial charge in [0.1, 0.15) is 5.82 Å². The predicted octanol–water partition coefficient (Wildman–Crippen LogP) is 0.343. The van der Waals surface area contributed by atoms with Crippen LogP contribution in [-0.2, 0) is 6.54 Å². The van der Waals surface area contributed by atoms with Crippen LogP contribution in [0, 0.1) is 24.6 Å². The zero-order valence-electron chi connectivity index (χ0n) is 11.4. The maximum Gasteiger partial charge on any atom is 0.328 e. The number of halogens is 1. The summed E-state index contributed by atoms with van der Waals surface area (Å²) in [7, 11) is 0. The average Bonchev–Trinajstić information content (AvgIpc) is 2.44. The largest absolute Gasteiger partial charge is 0.328 e. The van der Waals surface area contributed by atoms with Crippen molar-refractivity contribution in [1.29, 1.82) is 0 Å². The molecular formula is C15H14FN3O2. The van der Waals surface area contributed by atoms with E-state index < -0.39 is 17.1 Å². The third kappa shape index (κ3) is 3.46. The first kappa shape index (κ1) is 14.8. The fraction of sp³-hybridized carbons (Fsp3) is 0.200. The van der Waals surface area contributed by atoms with Gasteiger partial charge in [-0.1, -0.05) is 17.9 Å². The standard InChI is InChI=1S/C15H14FN3O2/c1-10-8-19(15(21)18-14(10)20)9-12-4-5-13(16)7-11(12)3-2-6-17/h4-5,7-8H,6,9,17H2,1H3,(H,18,20,21). The first-order valence-corrected chi connectivity index (χ1v) is 6.29. The molecule has 21 heavy (non-hydrogen) atoms. The van der Waals surface area contributed by atoms with E-state index in [1.54, 1.807) is 13.0 Å². The Morgan fingerprint density at radius 3 is 2.86 bits per heavy atom. The predicted molar refractivity (Wildman–Crippen MR) is 77.5 cm³/mol. The molecule has 0 amide bonds. The summed E-state index contributed by atoms with van der Waals surface area (Å²) in [6.07, 6.45) is 1.46. The van der Waals surface area contributed by atoms with Crippen LogP contribution in [-0.4, -0.2) is 16.1 Å². The lowest BCUT2D eigenvalue weighted by Crippen LogP contribution is -2.31. The highest BCUT2D eigenvalue weighted by atomic mass is 19.1. The van der Waals surface area contributed by atoms with Gasteiger partial charge in [-0.2, -0.15) is 0 Å². The van der Waals surface area contributed by atoms with Crippen LogP contribution in [0.3, 0.4) is 0 Å². The van der Waals surface area contributed by atoms with Gasteiger partial charge in [-0.3, -0.25) is 14.3 Å². The van der Waals surface area contributed by atoms with E-state index >= 15 is 0 Å². The van der Waals surface area contributed by atoms with E-state index in [4.69, 9.17) is 5.73 Å². The zero-order valence-corrected chi connectivity index (χ0v) is 11.4. The number of nitrogens with zero attached hydrogens (tertiary/aromatic N) is 1. The first-order chi connectivity index (χ1) is 10.0. The number of hydrogen-bond acceptors (Lipinski definition) is 3. The van der Waals surface area contributed by atoms with Crippen molar-refractivity contribution in [3.63, 3.8) is 0 Å². The van der Waals surface area contributed by atoms with Crippen molar-refractivity contribution >= 4 is 0 Å².